The minimum absolute atomic E-state index is 0.0775. The van der Waals surface area contributed by atoms with E-state index < -0.39 is 0 Å². The summed E-state index contributed by atoms with van der Waals surface area (Å²) in [6.07, 6.45) is 7.99. The molecule has 1 saturated heterocycles. The van der Waals surface area contributed by atoms with E-state index in [-0.39, 0.29) is 29.8 Å². The van der Waals surface area contributed by atoms with Gasteiger partial charge in [0.05, 0.1) is 12.6 Å². The summed E-state index contributed by atoms with van der Waals surface area (Å²) in [7, 11) is 0. The van der Waals surface area contributed by atoms with E-state index in [0.717, 1.165) is 38.0 Å². The molecular weight excluding hydrogens is 512 g/mol. The third kappa shape index (κ3) is 8.60. The van der Waals surface area contributed by atoms with Gasteiger partial charge in [0, 0.05) is 37.1 Å². The Hall–Kier alpha value is -2.29. The molecule has 0 unspecified atom stereocenters. The Balaban J connectivity index is 1.24. The molecule has 2 aromatic rings. The van der Waals surface area contributed by atoms with Crippen LogP contribution in [-0.2, 0) is 22.7 Å². The molecule has 1 aromatic carbocycles. The van der Waals surface area contributed by atoms with Gasteiger partial charge in [0.15, 0.2) is 0 Å². The Kier molecular flexibility index (Phi) is 10.9. The number of thioether (sulfide) groups is 1. The number of carbonyl (C=O) groups excluding carboxylic acids is 1. The lowest BCUT2D eigenvalue weighted by atomic mass is 9.75. The van der Waals surface area contributed by atoms with E-state index in [1.54, 1.807) is 11.8 Å². The first-order chi connectivity index (χ1) is 18.8. The fourth-order valence-electron chi connectivity index (χ4n) is 5.68. The summed E-state index contributed by atoms with van der Waals surface area (Å²) >= 11 is 1.69. The van der Waals surface area contributed by atoms with Crippen molar-refractivity contribution < 1.29 is 18.7 Å². The molecule has 1 saturated carbocycles. The van der Waals surface area contributed by atoms with Gasteiger partial charge in [-0.25, -0.2) is 0 Å². The zero-order valence-electron chi connectivity index (χ0n) is 23.9. The molecule has 8 heteroatoms. The van der Waals surface area contributed by atoms with Crippen LogP contribution in [-0.4, -0.2) is 60.9 Å². The van der Waals surface area contributed by atoms with Gasteiger partial charge in [-0.3, -0.25) is 14.5 Å². The lowest BCUT2D eigenvalue weighted by Gasteiger charge is -2.37. The van der Waals surface area contributed by atoms with Gasteiger partial charge in [-0.2, -0.15) is 0 Å². The fraction of sp³-hybridized carbons (Fsp3) is 0.613. The number of carbonyl (C=O) groups is 1. The summed E-state index contributed by atoms with van der Waals surface area (Å²) in [5.41, 5.74) is 0.816. The molecule has 0 bridgehead atoms. The fourth-order valence-corrected chi connectivity index (χ4v) is 6.09. The van der Waals surface area contributed by atoms with Crippen LogP contribution in [0.25, 0.3) is 0 Å². The first kappa shape index (κ1) is 29.7. The van der Waals surface area contributed by atoms with Gasteiger partial charge < -0.3 is 18.8 Å². The maximum Gasteiger partial charge on any atom is 0.248 e. The van der Waals surface area contributed by atoms with Crippen LogP contribution in [0, 0.1) is 17.8 Å². The van der Waals surface area contributed by atoms with Gasteiger partial charge in [0.2, 0.25) is 17.1 Å². The van der Waals surface area contributed by atoms with E-state index in [1.165, 1.54) is 30.1 Å². The van der Waals surface area contributed by atoms with E-state index in [2.05, 4.69) is 25.7 Å². The molecule has 2 aliphatic rings. The van der Waals surface area contributed by atoms with Crippen molar-refractivity contribution in [3.63, 3.8) is 0 Å². The molecule has 0 spiro atoms. The highest BCUT2D eigenvalue weighted by atomic mass is 32.2. The predicted molar refractivity (Wildman–Crippen MR) is 155 cm³/mol. The Labute approximate surface area is 237 Å². The number of benzene rings is 1. The molecule has 2 fully saturated rings. The van der Waals surface area contributed by atoms with Crippen molar-refractivity contribution in [2.45, 2.75) is 70.6 Å². The molecule has 4 rings (SSSR count). The number of hydrogen-bond donors (Lipinski definition) is 0. The standard InChI is InChI=1S/C31H44N2O5S/c1-22(2)27-11-6-23(3)16-29(27)38-21-31(35)33-13-5-12-32(14-15-33)18-25-17-28(34)30(20-36-25)37-19-24-7-9-26(39-4)10-8-24/h7-10,17,20,22-23,27,29H,5-6,11-16,18-19,21H2,1-4H3/t23-,27+,29-/m1/s1. The van der Waals surface area contributed by atoms with Crippen LogP contribution in [0.4, 0.5) is 0 Å². The number of nitrogens with zero attached hydrogens (tertiary/aromatic N) is 2. The van der Waals surface area contributed by atoms with Crippen molar-refractivity contribution in [3.8, 4) is 5.75 Å². The summed E-state index contributed by atoms with van der Waals surface area (Å²) in [5.74, 6) is 2.66. The SMILES string of the molecule is CSc1ccc(COc2coc(CN3CCCN(C(=O)CO[C@@H]4C[C@H](C)CC[C@H]4C(C)C)CC3)cc2=O)cc1. The Bertz CT molecular complexity index is 1120. The highest BCUT2D eigenvalue weighted by Gasteiger charge is 2.32. The number of amides is 1. The first-order valence-electron chi connectivity index (χ1n) is 14.3. The third-order valence-electron chi connectivity index (χ3n) is 8.11. The minimum atomic E-state index is -0.183. The topological polar surface area (TPSA) is 72.2 Å². The van der Waals surface area contributed by atoms with Crippen LogP contribution in [0.3, 0.4) is 0 Å². The van der Waals surface area contributed by atoms with Gasteiger partial charge in [-0.1, -0.05) is 39.3 Å². The molecule has 7 nitrogen and oxygen atoms in total. The molecule has 0 N–H and O–H groups in total. The maximum absolute atomic E-state index is 13.0. The average molecular weight is 557 g/mol. The normalized spacial score (nSPS) is 22.6. The molecule has 1 aromatic heterocycles. The van der Waals surface area contributed by atoms with Gasteiger partial charge in [0.25, 0.3) is 0 Å². The largest absolute Gasteiger partial charge is 0.482 e. The molecular formula is C31H44N2O5S. The zero-order valence-corrected chi connectivity index (χ0v) is 24.7. The van der Waals surface area contributed by atoms with Crippen LogP contribution in [0.1, 0.15) is 57.8 Å². The second-order valence-corrected chi connectivity index (χ2v) is 12.3. The Morgan fingerprint density at radius 2 is 1.92 bits per heavy atom. The van der Waals surface area contributed by atoms with Crippen LogP contribution < -0.4 is 10.2 Å². The van der Waals surface area contributed by atoms with Crippen LogP contribution in [0.5, 0.6) is 5.75 Å². The monoisotopic (exact) mass is 556 g/mol. The Morgan fingerprint density at radius 3 is 2.64 bits per heavy atom. The predicted octanol–water partition coefficient (Wildman–Crippen LogP) is 5.45. The molecule has 39 heavy (non-hydrogen) atoms. The van der Waals surface area contributed by atoms with Crippen LogP contribution in [0.2, 0.25) is 0 Å². The van der Waals surface area contributed by atoms with Crippen molar-refractivity contribution in [2.24, 2.45) is 17.8 Å². The van der Waals surface area contributed by atoms with Crippen molar-refractivity contribution >= 4 is 17.7 Å². The molecule has 3 atom stereocenters. The second-order valence-electron chi connectivity index (χ2n) is 11.4. The van der Waals surface area contributed by atoms with Gasteiger partial charge in [0.1, 0.15) is 25.2 Å². The van der Waals surface area contributed by atoms with E-state index in [1.807, 2.05) is 35.4 Å². The van der Waals surface area contributed by atoms with E-state index >= 15 is 0 Å². The van der Waals surface area contributed by atoms with Crippen molar-refractivity contribution in [2.75, 3.05) is 39.0 Å². The Morgan fingerprint density at radius 1 is 1.13 bits per heavy atom. The second kappa shape index (κ2) is 14.4. The lowest BCUT2D eigenvalue weighted by Crippen LogP contribution is -2.40. The van der Waals surface area contributed by atoms with Gasteiger partial charge >= 0.3 is 0 Å². The average Bonchev–Trinajstić information content (AvgIpc) is 3.17. The summed E-state index contributed by atoms with van der Waals surface area (Å²) in [5, 5.41) is 0. The zero-order chi connectivity index (χ0) is 27.8. The maximum atomic E-state index is 13.0. The van der Waals surface area contributed by atoms with E-state index in [9.17, 15) is 9.59 Å². The quantitative estimate of drug-likeness (QED) is 0.360. The highest BCUT2D eigenvalue weighted by molar-refractivity contribution is 7.98. The smallest absolute Gasteiger partial charge is 0.248 e. The summed E-state index contributed by atoms with van der Waals surface area (Å²) in [6.45, 7) is 10.8. The third-order valence-corrected chi connectivity index (χ3v) is 8.85. The lowest BCUT2D eigenvalue weighted by molar-refractivity contribution is -0.141. The minimum Gasteiger partial charge on any atom is -0.482 e. The molecule has 1 amide bonds. The number of ether oxygens (including phenoxy) is 2. The molecule has 1 aliphatic heterocycles. The first-order valence-corrected chi connectivity index (χ1v) is 15.5. The van der Waals surface area contributed by atoms with Crippen LogP contribution in [0.15, 0.2) is 50.7 Å². The summed E-state index contributed by atoms with van der Waals surface area (Å²) in [4.78, 5) is 31.0. The number of hydrogen-bond acceptors (Lipinski definition) is 7. The highest BCUT2D eigenvalue weighted by Crippen LogP contribution is 2.35. The van der Waals surface area contributed by atoms with E-state index in [4.69, 9.17) is 13.9 Å². The summed E-state index contributed by atoms with van der Waals surface area (Å²) < 4.78 is 17.7. The van der Waals surface area contributed by atoms with Crippen LogP contribution >= 0.6 is 11.8 Å². The van der Waals surface area contributed by atoms with Gasteiger partial charge in [-0.05, 0) is 61.0 Å². The van der Waals surface area contributed by atoms with Gasteiger partial charge in [-0.15, -0.1) is 11.8 Å². The molecule has 0 radical (unpaired) electrons. The molecule has 1 aliphatic carbocycles. The van der Waals surface area contributed by atoms with Crippen molar-refractivity contribution in [3.05, 3.63) is 58.1 Å². The molecule has 2 heterocycles. The molecule has 214 valence electrons. The summed E-state index contributed by atoms with van der Waals surface area (Å²) in [6, 6.07) is 9.60. The number of rotatable bonds is 10. The van der Waals surface area contributed by atoms with Crippen molar-refractivity contribution in [1.29, 1.82) is 0 Å². The van der Waals surface area contributed by atoms with E-state index in [0.29, 0.717) is 43.2 Å². The van der Waals surface area contributed by atoms with Crippen molar-refractivity contribution in [1.82, 2.24) is 9.80 Å².